The summed E-state index contributed by atoms with van der Waals surface area (Å²) in [5.41, 5.74) is 2.59. The van der Waals surface area contributed by atoms with Gasteiger partial charge in [0, 0.05) is 32.2 Å². The van der Waals surface area contributed by atoms with Crippen molar-refractivity contribution in [3.8, 4) is 6.07 Å². The minimum Gasteiger partial charge on any atom is -0.314 e. The lowest BCUT2D eigenvalue weighted by Crippen LogP contribution is -2.45. The van der Waals surface area contributed by atoms with Gasteiger partial charge >= 0.3 is 0 Å². The maximum atomic E-state index is 9.03. The molecule has 1 aliphatic heterocycles. The van der Waals surface area contributed by atoms with Crippen molar-refractivity contribution in [2.45, 2.75) is 19.4 Å². The summed E-state index contributed by atoms with van der Waals surface area (Å²) in [5.74, 6) is 0. The molecule has 0 spiro atoms. The second kappa shape index (κ2) is 9.17. The summed E-state index contributed by atoms with van der Waals surface area (Å²) >= 11 is 0. The van der Waals surface area contributed by atoms with Gasteiger partial charge in [0.1, 0.15) is 0 Å². The van der Waals surface area contributed by atoms with Crippen LogP contribution in [0.1, 0.15) is 23.6 Å². The quantitative estimate of drug-likeness (QED) is 0.933. The molecule has 3 nitrogen and oxygen atoms in total. The van der Waals surface area contributed by atoms with Gasteiger partial charge in [-0.2, -0.15) is 5.26 Å². The summed E-state index contributed by atoms with van der Waals surface area (Å²) in [4.78, 5) is 2.42. The van der Waals surface area contributed by atoms with E-state index in [1.165, 1.54) is 11.1 Å². The molecule has 1 heterocycles. The molecule has 2 rings (SSSR count). The number of nitrogens with zero attached hydrogens (tertiary/aromatic N) is 2. The lowest BCUT2D eigenvalue weighted by Gasteiger charge is -2.34. The molecular weight excluding hydrogens is 281 g/mol. The lowest BCUT2D eigenvalue weighted by atomic mass is 9.97. The van der Waals surface area contributed by atoms with E-state index in [-0.39, 0.29) is 30.9 Å². The molecule has 0 bridgehead atoms. The first-order valence-corrected chi connectivity index (χ1v) is 6.20. The highest BCUT2D eigenvalue weighted by Crippen LogP contribution is 2.26. The SMILES string of the molecule is Cc1ccccc1[C@@H](CC#N)N1CCNCC1.Cl.Cl. The fourth-order valence-electron chi connectivity index (χ4n) is 2.48. The fraction of sp³-hybridized carbons (Fsp3) is 0.500. The zero-order chi connectivity index (χ0) is 12.1. The fourth-order valence-corrected chi connectivity index (χ4v) is 2.48. The van der Waals surface area contributed by atoms with Crippen LogP contribution >= 0.6 is 24.8 Å². The van der Waals surface area contributed by atoms with Crippen LogP contribution in [0.25, 0.3) is 0 Å². The van der Waals surface area contributed by atoms with Gasteiger partial charge in [-0.15, -0.1) is 24.8 Å². The van der Waals surface area contributed by atoms with Gasteiger partial charge in [0.15, 0.2) is 0 Å². The van der Waals surface area contributed by atoms with Crippen molar-refractivity contribution in [2.75, 3.05) is 26.2 Å². The minimum atomic E-state index is 0. The zero-order valence-corrected chi connectivity index (χ0v) is 12.8. The van der Waals surface area contributed by atoms with E-state index in [0.717, 1.165) is 26.2 Å². The van der Waals surface area contributed by atoms with E-state index in [1.807, 2.05) is 0 Å². The highest BCUT2D eigenvalue weighted by Gasteiger charge is 2.22. The predicted octanol–water partition coefficient (Wildman–Crippen LogP) is 2.70. The van der Waals surface area contributed by atoms with Crippen molar-refractivity contribution in [1.82, 2.24) is 10.2 Å². The molecule has 0 unspecified atom stereocenters. The molecule has 19 heavy (non-hydrogen) atoms. The van der Waals surface area contributed by atoms with Crippen LogP contribution in [0.3, 0.4) is 0 Å². The van der Waals surface area contributed by atoms with Gasteiger partial charge in [-0.1, -0.05) is 24.3 Å². The van der Waals surface area contributed by atoms with Crippen LogP contribution in [-0.4, -0.2) is 31.1 Å². The van der Waals surface area contributed by atoms with Crippen LogP contribution in [-0.2, 0) is 0 Å². The average molecular weight is 302 g/mol. The van der Waals surface area contributed by atoms with E-state index in [9.17, 15) is 0 Å². The van der Waals surface area contributed by atoms with Crippen molar-refractivity contribution in [3.05, 3.63) is 35.4 Å². The van der Waals surface area contributed by atoms with Crippen LogP contribution in [0, 0.1) is 18.3 Å². The zero-order valence-electron chi connectivity index (χ0n) is 11.1. The molecule has 0 aliphatic carbocycles. The molecule has 0 saturated carbocycles. The molecule has 5 heteroatoms. The molecule has 1 aromatic rings. The Hall–Kier alpha value is -0.790. The molecule has 106 valence electrons. The Bertz CT molecular complexity index is 411. The van der Waals surface area contributed by atoms with E-state index in [1.54, 1.807) is 0 Å². The molecule has 1 atom stereocenters. The molecule has 0 amide bonds. The van der Waals surface area contributed by atoms with E-state index in [0.29, 0.717) is 6.42 Å². The number of nitrogens with one attached hydrogen (secondary N) is 1. The number of hydrogen-bond acceptors (Lipinski definition) is 3. The van der Waals surface area contributed by atoms with Gasteiger partial charge in [-0.05, 0) is 18.1 Å². The Morgan fingerprint density at radius 2 is 1.89 bits per heavy atom. The third-order valence-corrected chi connectivity index (χ3v) is 3.42. The van der Waals surface area contributed by atoms with Crippen molar-refractivity contribution < 1.29 is 0 Å². The van der Waals surface area contributed by atoms with Crippen molar-refractivity contribution >= 4 is 24.8 Å². The van der Waals surface area contributed by atoms with Crippen molar-refractivity contribution in [2.24, 2.45) is 0 Å². The topological polar surface area (TPSA) is 39.1 Å². The van der Waals surface area contributed by atoms with Crippen molar-refractivity contribution in [1.29, 1.82) is 5.26 Å². The molecular formula is C14H21Cl2N3. The number of rotatable bonds is 3. The molecule has 1 aromatic carbocycles. The molecule has 1 N–H and O–H groups in total. The number of halogens is 2. The van der Waals surface area contributed by atoms with Gasteiger partial charge in [0.05, 0.1) is 12.5 Å². The summed E-state index contributed by atoms with van der Waals surface area (Å²) in [6.45, 7) is 6.23. The number of nitriles is 1. The highest BCUT2D eigenvalue weighted by atomic mass is 35.5. The molecule has 0 radical (unpaired) electrons. The lowest BCUT2D eigenvalue weighted by molar-refractivity contribution is 0.175. The second-order valence-corrected chi connectivity index (χ2v) is 4.52. The smallest absolute Gasteiger partial charge is 0.0641 e. The third kappa shape index (κ3) is 4.67. The molecule has 1 aliphatic rings. The minimum absolute atomic E-state index is 0. The van der Waals surface area contributed by atoms with Crippen LogP contribution in [0.2, 0.25) is 0 Å². The van der Waals surface area contributed by atoms with E-state index in [4.69, 9.17) is 5.26 Å². The van der Waals surface area contributed by atoms with Crippen LogP contribution in [0.4, 0.5) is 0 Å². The van der Waals surface area contributed by atoms with Crippen LogP contribution in [0.15, 0.2) is 24.3 Å². The Labute approximate surface area is 127 Å². The normalized spacial score (nSPS) is 16.6. The van der Waals surface area contributed by atoms with Crippen molar-refractivity contribution in [3.63, 3.8) is 0 Å². The molecule has 1 fully saturated rings. The maximum Gasteiger partial charge on any atom is 0.0641 e. The summed E-state index contributed by atoms with van der Waals surface area (Å²) < 4.78 is 0. The van der Waals surface area contributed by atoms with Gasteiger partial charge in [0.25, 0.3) is 0 Å². The third-order valence-electron chi connectivity index (χ3n) is 3.42. The first kappa shape index (κ1) is 18.2. The predicted molar refractivity (Wildman–Crippen MR) is 83.1 cm³/mol. The number of piperazine rings is 1. The number of benzene rings is 1. The molecule has 1 saturated heterocycles. The summed E-state index contributed by atoms with van der Waals surface area (Å²) in [7, 11) is 0. The Morgan fingerprint density at radius 1 is 1.26 bits per heavy atom. The van der Waals surface area contributed by atoms with E-state index < -0.39 is 0 Å². The number of hydrogen-bond donors (Lipinski definition) is 1. The summed E-state index contributed by atoms with van der Waals surface area (Å²) in [6, 6.07) is 11.0. The van der Waals surface area contributed by atoms with Crippen LogP contribution in [0.5, 0.6) is 0 Å². The second-order valence-electron chi connectivity index (χ2n) is 4.52. The first-order chi connectivity index (χ1) is 8.33. The van der Waals surface area contributed by atoms with Gasteiger partial charge < -0.3 is 5.32 Å². The van der Waals surface area contributed by atoms with Gasteiger partial charge in [0.2, 0.25) is 0 Å². The maximum absolute atomic E-state index is 9.03. The number of aryl methyl sites for hydroxylation is 1. The Kier molecular flexibility index (Phi) is 8.79. The van der Waals surface area contributed by atoms with Crippen LogP contribution < -0.4 is 5.32 Å². The van der Waals surface area contributed by atoms with E-state index >= 15 is 0 Å². The monoisotopic (exact) mass is 301 g/mol. The largest absolute Gasteiger partial charge is 0.314 e. The highest BCUT2D eigenvalue weighted by molar-refractivity contribution is 5.85. The van der Waals surface area contributed by atoms with Gasteiger partial charge in [-0.25, -0.2) is 0 Å². The Morgan fingerprint density at radius 3 is 2.47 bits per heavy atom. The first-order valence-electron chi connectivity index (χ1n) is 6.20. The average Bonchev–Trinajstić information content (AvgIpc) is 2.38. The summed E-state index contributed by atoms with van der Waals surface area (Å²) in [6.07, 6.45) is 0.574. The standard InChI is InChI=1S/C14H19N3.2ClH/c1-12-4-2-3-5-13(12)14(6-7-15)17-10-8-16-9-11-17;;/h2-5,14,16H,6,8-11H2,1H3;2*1H/t14-;;/m1../s1. The van der Waals surface area contributed by atoms with E-state index in [2.05, 4.69) is 47.5 Å². The molecule has 0 aromatic heterocycles. The van der Waals surface area contributed by atoms with Gasteiger partial charge in [-0.3, -0.25) is 4.90 Å². The Balaban J connectivity index is 0.00000162. The summed E-state index contributed by atoms with van der Waals surface area (Å²) in [5, 5.41) is 12.4.